The van der Waals surface area contributed by atoms with Gasteiger partial charge in [0.2, 0.25) is 0 Å². The molecule has 2 aromatic rings. The monoisotopic (exact) mass is 199 g/mol. The number of aromatic nitrogens is 1. The molecule has 0 aliphatic heterocycles. The van der Waals surface area contributed by atoms with Crippen molar-refractivity contribution in [2.45, 2.75) is 0 Å². The smallest absolute Gasteiger partial charge is 0.299 e. The van der Waals surface area contributed by atoms with Gasteiger partial charge in [0.15, 0.2) is 0 Å². The van der Waals surface area contributed by atoms with Crippen molar-refractivity contribution in [3.8, 4) is 0 Å². The van der Waals surface area contributed by atoms with Crippen molar-refractivity contribution < 1.29 is 13.3 Å². The molecule has 4 nitrogen and oxygen atoms in total. The zero-order chi connectivity index (χ0) is 9.68. The van der Waals surface area contributed by atoms with Crippen LogP contribution in [0.25, 0.3) is 10.9 Å². The SMILES string of the molecule is O=S(O)O.c1ccc2[nH]ccc2c1. The molecule has 0 saturated heterocycles. The Morgan fingerprint density at radius 3 is 2.38 bits per heavy atom. The summed E-state index contributed by atoms with van der Waals surface area (Å²) >= 11 is -2.61. The van der Waals surface area contributed by atoms with E-state index < -0.39 is 11.4 Å². The van der Waals surface area contributed by atoms with Gasteiger partial charge in [-0.05, 0) is 17.5 Å². The summed E-state index contributed by atoms with van der Waals surface area (Å²) in [6.45, 7) is 0. The topological polar surface area (TPSA) is 73.3 Å². The van der Waals surface area contributed by atoms with E-state index in [0.29, 0.717) is 0 Å². The molecule has 0 saturated carbocycles. The molecule has 0 amide bonds. The van der Waals surface area contributed by atoms with E-state index in [1.165, 1.54) is 10.9 Å². The van der Waals surface area contributed by atoms with Gasteiger partial charge >= 0.3 is 0 Å². The number of H-pyrrole nitrogens is 1. The molecule has 1 heterocycles. The van der Waals surface area contributed by atoms with Crippen molar-refractivity contribution in [3.05, 3.63) is 36.5 Å². The highest BCUT2D eigenvalue weighted by atomic mass is 32.2. The van der Waals surface area contributed by atoms with E-state index in [2.05, 4.69) is 23.2 Å². The zero-order valence-corrected chi connectivity index (χ0v) is 7.49. The van der Waals surface area contributed by atoms with Crippen LogP contribution in [0.2, 0.25) is 0 Å². The number of hydrogen-bond acceptors (Lipinski definition) is 1. The molecule has 0 spiro atoms. The minimum Gasteiger partial charge on any atom is -0.361 e. The van der Waals surface area contributed by atoms with Crippen molar-refractivity contribution in [2.24, 2.45) is 0 Å². The van der Waals surface area contributed by atoms with E-state index in [1.54, 1.807) is 0 Å². The van der Waals surface area contributed by atoms with Gasteiger partial charge in [-0.1, -0.05) is 18.2 Å². The van der Waals surface area contributed by atoms with E-state index >= 15 is 0 Å². The van der Waals surface area contributed by atoms with Crippen LogP contribution in [0.15, 0.2) is 36.5 Å². The summed E-state index contributed by atoms with van der Waals surface area (Å²) in [5.74, 6) is 0. The molecule has 5 heteroatoms. The van der Waals surface area contributed by atoms with Crippen LogP contribution in [0.5, 0.6) is 0 Å². The van der Waals surface area contributed by atoms with Crippen molar-refractivity contribution in [1.29, 1.82) is 0 Å². The minimum atomic E-state index is -2.61. The predicted octanol–water partition coefficient (Wildman–Crippen LogP) is 1.85. The number of rotatable bonds is 0. The third-order valence-corrected chi connectivity index (χ3v) is 1.46. The number of fused-ring (bicyclic) bond motifs is 1. The van der Waals surface area contributed by atoms with E-state index in [9.17, 15) is 0 Å². The Balaban J connectivity index is 0.000000184. The van der Waals surface area contributed by atoms with Crippen LogP contribution in [0.4, 0.5) is 0 Å². The number of nitrogens with one attached hydrogen (secondary N) is 1. The Kier molecular flexibility index (Phi) is 3.63. The van der Waals surface area contributed by atoms with Crippen LogP contribution in [-0.4, -0.2) is 18.3 Å². The molecule has 0 radical (unpaired) electrons. The van der Waals surface area contributed by atoms with E-state index in [1.807, 2.05) is 18.3 Å². The van der Waals surface area contributed by atoms with Crippen LogP contribution in [-0.2, 0) is 11.4 Å². The molecule has 0 aliphatic carbocycles. The standard InChI is InChI=1S/C8H7N.H2O3S/c1-2-4-8-7(3-1)5-6-9-8;1-4(2)3/h1-6,9H;(H2,1,2,3). The quantitative estimate of drug-likeness (QED) is 0.567. The molecule has 13 heavy (non-hydrogen) atoms. The molecule has 3 N–H and O–H groups in total. The second-order valence-electron chi connectivity index (χ2n) is 2.30. The Morgan fingerprint density at radius 1 is 1.15 bits per heavy atom. The first-order chi connectivity index (χ1) is 6.20. The van der Waals surface area contributed by atoms with Crippen LogP contribution < -0.4 is 0 Å². The first kappa shape index (κ1) is 9.91. The van der Waals surface area contributed by atoms with Crippen LogP contribution in [0, 0.1) is 0 Å². The average molecular weight is 199 g/mol. The maximum absolute atomic E-state index is 8.67. The van der Waals surface area contributed by atoms with Crippen molar-refractivity contribution in [3.63, 3.8) is 0 Å². The highest BCUT2D eigenvalue weighted by molar-refractivity contribution is 7.73. The number of aromatic amines is 1. The van der Waals surface area contributed by atoms with Gasteiger partial charge in [0.1, 0.15) is 0 Å². The number of para-hydroxylation sites is 1. The molecule has 0 fully saturated rings. The predicted molar refractivity (Wildman–Crippen MR) is 51.7 cm³/mol. The van der Waals surface area contributed by atoms with Gasteiger partial charge in [-0.3, -0.25) is 9.11 Å². The average Bonchev–Trinajstić information content (AvgIpc) is 2.49. The molecule has 2 rings (SSSR count). The molecule has 0 aliphatic rings. The maximum Gasteiger partial charge on any atom is 0.299 e. The van der Waals surface area contributed by atoms with Crippen LogP contribution >= 0.6 is 0 Å². The highest BCUT2D eigenvalue weighted by Gasteiger charge is 1.86. The Bertz CT molecular complexity index is 365. The molecule has 1 aromatic heterocycles. The van der Waals surface area contributed by atoms with Crippen molar-refractivity contribution in [1.82, 2.24) is 4.98 Å². The first-order valence-electron chi connectivity index (χ1n) is 3.52. The van der Waals surface area contributed by atoms with E-state index in [0.717, 1.165) is 0 Å². The summed E-state index contributed by atoms with van der Waals surface area (Å²) in [4.78, 5) is 3.12. The Morgan fingerprint density at radius 2 is 1.77 bits per heavy atom. The second-order valence-corrected chi connectivity index (χ2v) is 2.76. The summed E-state index contributed by atoms with van der Waals surface area (Å²) in [5.41, 5.74) is 1.21. The van der Waals surface area contributed by atoms with Gasteiger partial charge in [-0.15, -0.1) is 0 Å². The fourth-order valence-corrected chi connectivity index (χ4v) is 0.995. The van der Waals surface area contributed by atoms with Crippen molar-refractivity contribution in [2.75, 3.05) is 0 Å². The van der Waals surface area contributed by atoms with Gasteiger partial charge in [0.25, 0.3) is 11.4 Å². The molecular weight excluding hydrogens is 190 g/mol. The zero-order valence-electron chi connectivity index (χ0n) is 6.68. The molecule has 0 atom stereocenters. The first-order valence-corrected chi connectivity index (χ1v) is 4.58. The van der Waals surface area contributed by atoms with Crippen LogP contribution in [0.1, 0.15) is 0 Å². The maximum atomic E-state index is 8.67. The lowest BCUT2D eigenvalue weighted by Crippen LogP contribution is -1.74. The molecule has 70 valence electrons. The number of hydrogen-bond donors (Lipinski definition) is 3. The fraction of sp³-hybridized carbons (Fsp3) is 0. The van der Waals surface area contributed by atoms with Gasteiger partial charge in [0, 0.05) is 11.7 Å². The van der Waals surface area contributed by atoms with E-state index in [4.69, 9.17) is 13.3 Å². The van der Waals surface area contributed by atoms with Crippen LogP contribution in [0.3, 0.4) is 0 Å². The lowest BCUT2D eigenvalue weighted by atomic mass is 10.3. The third-order valence-electron chi connectivity index (χ3n) is 1.46. The molecule has 0 unspecified atom stereocenters. The lowest BCUT2D eigenvalue weighted by molar-refractivity contribution is 0.454. The summed E-state index contributed by atoms with van der Waals surface area (Å²) in [7, 11) is 0. The van der Waals surface area contributed by atoms with Gasteiger partial charge < -0.3 is 4.98 Å². The highest BCUT2D eigenvalue weighted by Crippen LogP contribution is 2.09. The summed E-state index contributed by atoms with van der Waals surface area (Å²) in [6, 6.07) is 10.3. The largest absolute Gasteiger partial charge is 0.361 e. The summed E-state index contributed by atoms with van der Waals surface area (Å²) in [5, 5.41) is 1.28. The van der Waals surface area contributed by atoms with Gasteiger partial charge in [-0.25, -0.2) is 0 Å². The lowest BCUT2D eigenvalue weighted by Gasteiger charge is -1.83. The third kappa shape index (κ3) is 3.37. The number of benzene rings is 1. The summed E-state index contributed by atoms with van der Waals surface area (Å²) < 4.78 is 22.8. The van der Waals surface area contributed by atoms with Gasteiger partial charge in [0.05, 0.1) is 0 Å². The van der Waals surface area contributed by atoms with Crippen molar-refractivity contribution >= 4 is 22.3 Å². The van der Waals surface area contributed by atoms with Gasteiger partial charge in [-0.2, -0.15) is 4.21 Å². The molecular formula is C8H9NO3S. The molecule has 0 bridgehead atoms. The Labute approximate surface area is 77.7 Å². The summed E-state index contributed by atoms with van der Waals surface area (Å²) in [6.07, 6.45) is 1.95. The normalized spacial score (nSPS) is 9.77. The fourth-order valence-electron chi connectivity index (χ4n) is 0.995. The molecule has 1 aromatic carbocycles. The van der Waals surface area contributed by atoms with E-state index in [-0.39, 0.29) is 0 Å². The minimum absolute atomic E-state index is 1.21. The second kappa shape index (κ2) is 4.76. The Hall–Kier alpha value is -1.17.